The lowest BCUT2D eigenvalue weighted by molar-refractivity contribution is -0.139. The van der Waals surface area contributed by atoms with Gasteiger partial charge < -0.3 is 15.5 Å². The Morgan fingerprint density at radius 3 is 2.41 bits per heavy atom. The van der Waals surface area contributed by atoms with Crippen LogP contribution in [0.4, 0.5) is 13.2 Å². The molecular formula is C10H20F3N3O. The molecule has 0 aliphatic rings. The van der Waals surface area contributed by atoms with Crippen molar-refractivity contribution >= 4 is 5.91 Å². The molecule has 0 aromatic carbocycles. The number of hydrogen-bond donors (Lipinski definition) is 2. The van der Waals surface area contributed by atoms with Crippen molar-refractivity contribution in [3.8, 4) is 0 Å². The van der Waals surface area contributed by atoms with Crippen LogP contribution in [-0.2, 0) is 4.79 Å². The van der Waals surface area contributed by atoms with E-state index in [0.29, 0.717) is 6.54 Å². The highest BCUT2D eigenvalue weighted by Gasteiger charge is 2.28. The van der Waals surface area contributed by atoms with Crippen molar-refractivity contribution in [2.24, 2.45) is 0 Å². The summed E-state index contributed by atoms with van der Waals surface area (Å²) in [6.07, 6.45) is -3.52. The fourth-order valence-electron chi connectivity index (χ4n) is 1.15. The van der Waals surface area contributed by atoms with E-state index in [1.54, 1.807) is 6.92 Å². The van der Waals surface area contributed by atoms with Gasteiger partial charge in [-0.3, -0.25) is 4.79 Å². The zero-order chi connectivity index (χ0) is 13.5. The standard InChI is InChI=1S/C10H20F3N3O/c1-8(14-5-4-6-16(2)3)9(17)15-7-10(11,12)13/h8,14H,4-7H2,1-3H3,(H,15,17). The van der Waals surface area contributed by atoms with Gasteiger partial charge in [0.25, 0.3) is 0 Å². The van der Waals surface area contributed by atoms with Gasteiger partial charge in [0, 0.05) is 0 Å². The molecule has 0 heterocycles. The molecule has 0 aromatic heterocycles. The number of alkyl halides is 3. The van der Waals surface area contributed by atoms with Crippen molar-refractivity contribution in [2.75, 3.05) is 33.7 Å². The van der Waals surface area contributed by atoms with E-state index >= 15 is 0 Å². The van der Waals surface area contributed by atoms with E-state index in [-0.39, 0.29) is 0 Å². The molecule has 0 saturated heterocycles. The van der Waals surface area contributed by atoms with Gasteiger partial charge in [0.05, 0.1) is 6.04 Å². The predicted octanol–water partition coefficient (Wildman–Crippen LogP) is 0.595. The summed E-state index contributed by atoms with van der Waals surface area (Å²) in [6, 6.07) is -0.612. The van der Waals surface area contributed by atoms with Crippen LogP contribution >= 0.6 is 0 Å². The maximum Gasteiger partial charge on any atom is 0.405 e. The van der Waals surface area contributed by atoms with Crippen LogP contribution < -0.4 is 10.6 Å². The summed E-state index contributed by atoms with van der Waals surface area (Å²) in [5.41, 5.74) is 0. The van der Waals surface area contributed by atoms with Gasteiger partial charge >= 0.3 is 6.18 Å². The second kappa shape index (κ2) is 7.50. The number of nitrogens with one attached hydrogen (secondary N) is 2. The van der Waals surface area contributed by atoms with Crippen molar-refractivity contribution in [1.29, 1.82) is 0 Å². The quantitative estimate of drug-likeness (QED) is 0.655. The molecule has 0 rings (SSSR count). The summed E-state index contributed by atoms with van der Waals surface area (Å²) >= 11 is 0. The van der Waals surface area contributed by atoms with Gasteiger partial charge in [-0.25, -0.2) is 0 Å². The van der Waals surface area contributed by atoms with Gasteiger partial charge in [-0.05, 0) is 40.5 Å². The van der Waals surface area contributed by atoms with Crippen LogP contribution in [0.1, 0.15) is 13.3 Å². The van der Waals surface area contributed by atoms with Gasteiger partial charge in [-0.15, -0.1) is 0 Å². The molecule has 2 N–H and O–H groups in total. The smallest absolute Gasteiger partial charge is 0.346 e. The molecule has 0 radical (unpaired) electrons. The Hall–Kier alpha value is -0.820. The first kappa shape index (κ1) is 16.2. The van der Waals surface area contributed by atoms with E-state index in [1.807, 2.05) is 24.3 Å². The number of carbonyl (C=O) groups excluding carboxylic acids is 1. The molecule has 17 heavy (non-hydrogen) atoms. The van der Waals surface area contributed by atoms with Crippen molar-refractivity contribution in [2.45, 2.75) is 25.6 Å². The van der Waals surface area contributed by atoms with E-state index in [4.69, 9.17) is 0 Å². The van der Waals surface area contributed by atoms with Crippen LogP contribution in [0.2, 0.25) is 0 Å². The summed E-state index contributed by atoms with van der Waals surface area (Å²) in [7, 11) is 3.86. The first-order valence-corrected chi connectivity index (χ1v) is 5.45. The van der Waals surface area contributed by atoms with Crippen LogP contribution in [0.3, 0.4) is 0 Å². The van der Waals surface area contributed by atoms with Gasteiger partial charge in [-0.1, -0.05) is 0 Å². The third-order valence-electron chi connectivity index (χ3n) is 2.09. The Labute approximate surface area is 99.5 Å². The van der Waals surface area contributed by atoms with E-state index < -0.39 is 24.7 Å². The Bertz CT molecular complexity index is 231. The molecule has 102 valence electrons. The van der Waals surface area contributed by atoms with Crippen molar-refractivity contribution in [3.05, 3.63) is 0 Å². The van der Waals surface area contributed by atoms with E-state index in [9.17, 15) is 18.0 Å². The third-order valence-corrected chi connectivity index (χ3v) is 2.09. The minimum absolute atomic E-state index is 0.596. The molecule has 1 amide bonds. The maximum absolute atomic E-state index is 11.8. The minimum atomic E-state index is -4.36. The summed E-state index contributed by atoms with van der Waals surface area (Å²) in [5.74, 6) is -0.632. The lowest BCUT2D eigenvalue weighted by atomic mass is 10.3. The van der Waals surface area contributed by atoms with Crippen LogP contribution in [0.5, 0.6) is 0 Å². The SMILES string of the molecule is CC(NCCCN(C)C)C(=O)NCC(F)(F)F. The summed E-state index contributed by atoms with van der Waals surface area (Å²) < 4.78 is 35.5. The van der Waals surface area contributed by atoms with Crippen molar-refractivity contribution in [1.82, 2.24) is 15.5 Å². The summed E-state index contributed by atoms with van der Waals surface area (Å²) in [4.78, 5) is 13.2. The maximum atomic E-state index is 11.8. The Morgan fingerprint density at radius 1 is 1.35 bits per heavy atom. The third kappa shape index (κ3) is 10.1. The van der Waals surface area contributed by atoms with Gasteiger partial charge in [0.15, 0.2) is 0 Å². The molecule has 0 bridgehead atoms. The highest BCUT2D eigenvalue weighted by atomic mass is 19.4. The van der Waals surface area contributed by atoms with E-state index in [1.165, 1.54) is 0 Å². The van der Waals surface area contributed by atoms with Gasteiger partial charge in [0.1, 0.15) is 6.54 Å². The van der Waals surface area contributed by atoms with Crippen LogP contribution in [-0.4, -0.2) is 56.8 Å². The number of hydrogen-bond acceptors (Lipinski definition) is 3. The van der Waals surface area contributed by atoms with Crippen LogP contribution in [0, 0.1) is 0 Å². The second-order valence-corrected chi connectivity index (χ2v) is 4.17. The normalized spacial score (nSPS) is 13.8. The predicted molar refractivity (Wildman–Crippen MR) is 59.7 cm³/mol. The summed E-state index contributed by atoms with van der Waals surface area (Å²) in [5, 5.41) is 4.70. The molecule has 0 aliphatic heterocycles. The molecule has 4 nitrogen and oxygen atoms in total. The highest BCUT2D eigenvalue weighted by Crippen LogP contribution is 2.12. The number of carbonyl (C=O) groups is 1. The summed E-state index contributed by atoms with van der Waals surface area (Å²) in [6.45, 7) is 1.72. The minimum Gasteiger partial charge on any atom is -0.346 e. The molecule has 0 fully saturated rings. The molecule has 0 saturated carbocycles. The monoisotopic (exact) mass is 255 g/mol. The molecule has 1 atom stereocenters. The molecular weight excluding hydrogens is 235 g/mol. The van der Waals surface area contributed by atoms with Gasteiger partial charge in [0.2, 0.25) is 5.91 Å². The molecule has 7 heteroatoms. The number of rotatable bonds is 7. The fourth-order valence-corrected chi connectivity index (χ4v) is 1.15. The van der Waals surface area contributed by atoms with Crippen LogP contribution in [0.25, 0.3) is 0 Å². The zero-order valence-corrected chi connectivity index (χ0v) is 10.4. The highest BCUT2D eigenvalue weighted by molar-refractivity contribution is 5.81. The van der Waals surface area contributed by atoms with E-state index in [0.717, 1.165) is 13.0 Å². The molecule has 1 unspecified atom stereocenters. The first-order valence-electron chi connectivity index (χ1n) is 5.45. The number of nitrogens with zero attached hydrogens (tertiary/aromatic N) is 1. The molecule has 0 spiro atoms. The number of halogens is 3. The van der Waals surface area contributed by atoms with Crippen molar-refractivity contribution < 1.29 is 18.0 Å². The Balaban J connectivity index is 3.68. The number of amides is 1. The average Bonchev–Trinajstić information content (AvgIpc) is 2.19. The van der Waals surface area contributed by atoms with Crippen LogP contribution in [0.15, 0.2) is 0 Å². The molecule has 0 aromatic rings. The van der Waals surface area contributed by atoms with Gasteiger partial charge in [-0.2, -0.15) is 13.2 Å². The largest absolute Gasteiger partial charge is 0.405 e. The fraction of sp³-hybridized carbons (Fsp3) is 0.900. The van der Waals surface area contributed by atoms with Crippen molar-refractivity contribution in [3.63, 3.8) is 0 Å². The topological polar surface area (TPSA) is 44.4 Å². The Kier molecular flexibility index (Phi) is 7.13. The zero-order valence-electron chi connectivity index (χ0n) is 10.4. The lowest BCUT2D eigenvalue weighted by Gasteiger charge is -2.16. The lowest BCUT2D eigenvalue weighted by Crippen LogP contribution is -2.45. The molecule has 0 aliphatic carbocycles. The average molecular weight is 255 g/mol. The second-order valence-electron chi connectivity index (χ2n) is 4.17. The first-order chi connectivity index (χ1) is 7.72. The Morgan fingerprint density at radius 2 is 1.94 bits per heavy atom. The van der Waals surface area contributed by atoms with E-state index in [2.05, 4.69) is 5.32 Å².